The highest BCUT2D eigenvalue weighted by Crippen LogP contribution is 2.24. The van der Waals surface area contributed by atoms with E-state index in [9.17, 15) is 13.0 Å². The Labute approximate surface area is 127 Å². The summed E-state index contributed by atoms with van der Waals surface area (Å²) in [6, 6.07) is 5.22. The summed E-state index contributed by atoms with van der Waals surface area (Å²) in [6.45, 7) is 8.80. The highest BCUT2D eigenvalue weighted by Gasteiger charge is 2.21. The number of aryl methyl sites for hydroxylation is 1. The molecule has 0 aromatic heterocycles. The van der Waals surface area contributed by atoms with Crippen molar-refractivity contribution < 1.29 is 17.7 Å². The van der Waals surface area contributed by atoms with Crippen LogP contribution in [0.15, 0.2) is 18.2 Å². The molecule has 0 aliphatic rings. The standard InChI is InChI=1S/C15H23F2NO2S/c1-10-8-12(6-7-13(10)20-9-14(16)17)11(2)18-21(19)15(3,4)5/h6-8,11,14,18H,9H2,1-5H3. The Bertz CT molecular complexity index is 501. The summed E-state index contributed by atoms with van der Waals surface area (Å²) in [6.07, 6.45) is -2.49. The molecule has 21 heavy (non-hydrogen) atoms. The average molecular weight is 319 g/mol. The molecule has 1 rings (SSSR count). The highest BCUT2D eigenvalue weighted by molar-refractivity contribution is 7.84. The van der Waals surface area contributed by atoms with Crippen molar-refractivity contribution in [1.29, 1.82) is 0 Å². The number of rotatable bonds is 6. The van der Waals surface area contributed by atoms with Crippen LogP contribution in [0.4, 0.5) is 8.78 Å². The van der Waals surface area contributed by atoms with Gasteiger partial charge in [-0.1, -0.05) is 12.1 Å². The van der Waals surface area contributed by atoms with Crippen LogP contribution >= 0.6 is 0 Å². The zero-order chi connectivity index (χ0) is 16.2. The Morgan fingerprint density at radius 2 is 1.95 bits per heavy atom. The van der Waals surface area contributed by atoms with E-state index < -0.39 is 24.0 Å². The summed E-state index contributed by atoms with van der Waals surface area (Å²) in [7, 11) is -1.17. The van der Waals surface area contributed by atoms with Gasteiger partial charge in [0.1, 0.15) is 12.4 Å². The first kappa shape index (κ1) is 18.0. The van der Waals surface area contributed by atoms with Gasteiger partial charge in [-0.25, -0.2) is 17.7 Å². The molecule has 0 amide bonds. The van der Waals surface area contributed by atoms with Gasteiger partial charge in [-0.3, -0.25) is 0 Å². The molecule has 0 heterocycles. The molecular formula is C15H23F2NO2S. The highest BCUT2D eigenvalue weighted by atomic mass is 32.2. The average Bonchev–Trinajstić information content (AvgIpc) is 2.35. The normalized spacial score (nSPS) is 15.0. The third-order valence-corrected chi connectivity index (χ3v) is 4.58. The van der Waals surface area contributed by atoms with E-state index in [0.29, 0.717) is 5.75 Å². The molecule has 120 valence electrons. The molecule has 0 bridgehead atoms. The van der Waals surface area contributed by atoms with Gasteiger partial charge in [0.15, 0.2) is 0 Å². The van der Waals surface area contributed by atoms with E-state index in [-0.39, 0.29) is 10.8 Å². The summed E-state index contributed by atoms with van der Waals surface area (Å²) >= 11 is 0. The molecule has 0 aliphatic heterocycles. The second-order valence-corrected chi connectivity index (χ2v) is 7.95. The number of halogens is 2. The third-order valence-electron chi connectivity index (χ3n) is 2.90. The fraction of sp³-hybridized carbons (Fsp3) is 0.600. The Balaban J connectivity index is 2.76. The number of hydrogen-bond donors (Lipinski definition) is 1. The molecule has 0 aliphatic carbocycles. The van der Waals surface area contributed by atoms with Crippen molar-refractivity contribution in [2.45, 2.75) is 51.8 Å². The first-order chi connectivity index (χ1) is 9.61. The fourth-order valence-electron chi connectivity index (χ4n) is 1.66. The number of ether oxygens (including phenoxy) is 1. The Kier molecular flexibility index (Phi) is 6.28. The Hall–Kier alpha value is -1.01. The molecule has 0 spiro atoms. The van der Waals surface area contributed by atoms with Crippen molar-refractivity contribution in [1.82, 2.24) is 4.72 Å². The summed E-state index contributed by atoms with van der Waals surface area (Å²) < 4.78 is 44.1. The zero-order valence-corrected chi connectivity index (χ0v) is 13.9. The van der Waals surface area contributed by atoms with Gasteiger partial charge in [-0.2, -0.15) is 0 Å². The van der Waals surface area contributed by atoms with E-state index in [4.69, 9.17) is 4.74 Å². The molecular weight excluding hydrogens is 296 g/mol. The summed E-state index contributed by atoms with van der Waals surface area (Å²) in [5.74, 6) is 0.447. The van der Waals surface area contributed by atoms with Gasteiger partial charge >= 0.3 is 0 Å². The van der Waals surface area contributed by atoms with Gasteiger partial charge in [0.25, 0.3) is 6.43 Å². The first-order valence-corrected chi connectivity index (χ1v) is 7.95. The summed E-state index contributed by atoms with van der Waals surface area (Å²) in [5, 5.41) is 0. The third kappa shape index (κ3) is 5.71. The van der Waals surface area contributed by atoms with Crippen LogP contribution in [0, 0.1) is 6.92 Å². The first-order valence-electron chi connectivity index (χ1n) is 6.81. The number of benzene rings is 1. The minimum absolute atomic E-state index is 0.104. The van der Waals surface area contributed by atoms with Crippen LogP contribution in [0.3, 0.4) is 0 Å². The lowest BCUT2D eigenvalue weighted by Crippen LogP contribution is -2.34. The van der Waals surface area contributed by atoms with Crippen LogP contribution in [0.1, 0.15) is 44.9 Å². The minimum Gasteiger partial charge on any atom is -0.487 e. The van der Waals surface area contributed by atoms with E-state index in [1.807, 2.05) is 33.8 Å². The predicted molar refractivity (Wildman–Crippen MR) is 82.1 cm³/mol. The van der Waals surface area contributed by atoms with Crippen LogP contribution in [-0.2, 0) is 11.0 Å². The maximum absolute atomic E-state index is 12.1. The lowest BCUT2D eigenvalue weighted by atomic mass is 10.1. The predicted octanol–water partition coefficient (Wildman–Crippen LogP) is 3.75. The van der Waals surface area contributed by atoms with Gasteiger partial charge in [-0.05, 0) is 51.8 Å². The van der Waals surface area contributed by atoms with E-state index in [2.05, 4.69) is 4.72 Å². The van der Waals surface area contributed by atoms with Crippen LogP contribution in [0.25, 0.3) is 0 Å². The number of nitrogens with one attached hydrogen (secondary N) is 1. The maximum Gasteiger partial charge on any atom is 0.272 e. The SMILES string of the molecule is Cc1cc(C(C)NS(=O)C(C)(C)C)ccc1OCC(F)F. The Morgan fingerprint density at radius 1 is 1.33 bits per heavy atom. The molecule has 2 unspecified atom stereocenters. The minimum atomic E-state index is -2.49. The van der Waals surface area contributed by atoms with Crippen LogP contribution < -0.4 is 9.46 Å². The lowest BCUT2D eigenvalue weighted by Gasteiger charge is -2.22. The number of alkyl halides is 2. The quantitative estimate of drug-likeness (QED) is 0.867. The topological polar surface area (TPSA) is 38.3 Å². The molecule has 1 aromatic rings. The van der Waals surface area contributed by atoms with Crippen molar-refractivity contribution >= 4 is 11.0 Å². The largest absolute Gasteiger partial charge is 0.487 e. The smallest absolute Gasteiger partial charge is 0.272 e. The summed E-state index contributed by atoms with van der Waals surface area (Å²) in [5.41, 5.74) is 1.72. The molecule has 2 atom stereocenters. The van der Waals surface area contributed by atoms with Crippen molar-refractivity contribution in [2.24, 2.45) is 0 Å². The van der Waals surface area contributed by atoms with Gasteiger partial charge in [0.05, 0.1) is 15.7 Å². The van der Waals surface area contributed by atoms with Crippen LogP contribution in [0.5, 0.6) is 5.75 Å². The second kappa shape index (κ2) is 7.31. The fourth-order valence-corrected chi connectivity index (χ4v) is 2.47. The van der Waals surface area contributed by atoms with Crippen LogP contribution in [-0.4, -0.2) is 22.0 Å². The second-order valence-electron chi connectivity index (χ2n) is 5.95. The molecule has 6 heteroatoms. The molecule has 0 saturated heterocycles. The zero-order valence-electron chi connectivity index (χ0n) is 13.1. The van der Waals surface area contributed by atoms with Crippen molar-refractivity contribution in [3.8, 4) is 5.75 Å². The van der Waals surface area contributed by atoms with Crippen molar-refractivity contribution in [3.05, 3.63) is 29.3 Å². The van der Waals surface area contributed by atoms with E-state index >= 15 is 0 Å². The molecule has 1 aromatic carbocycles. The lowest BCUT2D eigenvalue weighted by molar-refractivity contribution is 0.0815. The molecule has 0 fully saturated rings. The molecule has 3 nitrogen and oxygen atoms in total. The van der Waals surface area contributed by atoms with Crippen molar-refractivity contribution in [3.63, 3.8) is 0 Å². The van der Waals surface area contributed by atoms with Gasteiger partial charge in [0.2, 0.25) is 0 Å². The van der Waals surface area contributed by atoms with Gasteiger partial charge < -0.3 is 4.74 Å². The molecule has 0 radical (unpaired) electrons. The van der Waals surface area contributed by atoms with Gasteiger partial charge in [-0.15, -0.1) is 0 Å². The monoisotopic (exact) mass is 319 g/mol. The van der Waals surface area contributed by atoms with Gasteiger partial charge in [0, 0.05) is 6.04 Å². The number of hydrogen-bond acceptors (Lipinski definition) is 2. The summed E-state index contributed by atoms with van der Waals surface area (Å²) in [4.78, 5) is 0. The maximum atomic E-state index is 12.1. The van der Waals surface area contributed by atoms with E-state index in [0.717, 1.165) is 11.1 Å². The molecule has 1 N–H and O–H groups in total. The molecule has 0 saturated carbocycles. The Morgan fingerprint density at radius 3 is 2.43 bits per heavy atom. The van der Waals surface area contributed by atoms with Crippen LogP contribution in [0.2, 0.25) is 0 Å². The van der Waals surface area contributed by atoms with E-state index in [1.165, 1.54) is 0 Å². The van der Waals surface area contributed by atoms with E-state index in [1.54, 1.807) is 19.1 Å². The van der Waals surface area contributed by atoms with Crippen molar-refractivity contribution in [2.75, 3.05) is 6.61 Å².